The zero-order valence-electron chi connectivity index (χ0n) is 19.7. The molecule has 0 radical (unpaired) electrons. The lowest BCUT2D eigenvalue weighted by atomic mass is 9.64. The fraction of sp³-hybridized carbons (Fsp3) is 1.00. The largest absolute Gasteiger partial charge is 0.0625 e. The third-order valence-corrected chi connectivity index (χ3v) is 11.3. The van der Waals surface area contributed by atoms with Gasteiger partial charge >= 0.3 is 0 Å². The van der Waals surface area contributed by atoms with Crippen LogP contribution in [0.5, 0.6) is 0 Å². The molecule has 6 atom stereocenters. The SMILES string of the molecule is CC(C)C1CC2CCC1(C)C2(C)C.CC(C)C1CC2CC[C@]1(C)C2(C)C. The Morgan fingerprint density at radius 2 is 0.885 bits per heavy atom. The van der Waals surface area contributed by atoms with Crippen LogP contribution in [0.4, 0.5) is 0 Å². The van der Waals surface area contributed by atoms with E-state index in [4.69, 9.17) is 0 Å². The van der Waals surface area contributed by atoms with Crippen molar-refractivity contribution < 1.29 is 0 Å². The first-order valence-electron chi connectivity index (χ1n) is 11.8. The van der Waals surface area contributed by atoms with Gasteiger partial charge in [-0.25, -0.2) is 0 Å². The van der Waals surface area contributed by atoms with Gasteiger partial charge in [0.05, 0.1) is 0 Å². The Morgan fingerprint density at radius 1 is 0.577 bits per heavy atom. The van der Waals surface area contributed by atoms with Crippen LogP contribution in [0.2, 0.25) is 0 Å². The molecule has 0 aromatic rings. The van der Waals surface area contributed by atoms with E-state index >= 15 is 0 Å². The maximum Gasteiger partial charge on any atom is -0.0241 e. The van der Waals surface area contributed by atoms with Gasteiger partial charge in [0.25, 0.3) is 0 Å². The first-order chi connectivity index (χ1) is 11.8. The molecule has 26 heavy (non-hydrogen) atoms. The summed E-state index contributed by atoms with van der Waals surface area (Å²) in [5, 5.41) is 0. The van der Waals surface area contributed by atoms with E-state index in [1.807, 2.05) is 0 Å². The molecule has 0 saturated heterocycles. The van der Waals surface area contributed by atoms with Crippen molar-refractivity contribution >= 4 is 0 Å². The molecule has 0 heterocycles. The van der Waals surface area contributed by atoms with Crippen LogP contribution in [0.15, 0.2) is 0 Å². The molecular formula is C26H48. The van der Waals surface area contributed by atoms with E-state index in [2.05, 4.69) is 69.2 Å². The van der Waals surface area contributed by atoms with Crippen molar-refractivity contribution in [1.29, 1.82) is 0 Å². The fourth-order valence-electron chi connectivity index (χ4n) is 8.55. The molecule has 0 aromatic carbocycles. The zero-order valence-corrected chi connectivity index (χ0v) is 19.7. The molecule has 4 aliphatic carbocycles. The molecule has 0 heteroatoms. The van der Waals surface area contributed by atoms with E-state index in [9.17, 15) is 0 Å². The van der Waals surface area contributed by atoms with Crippen LogP contribution in [0.1, 0.15) is 108 Å². The molecule has 4 fully saturated rings. The van der Waals surface area contributed by atoms with Crippen LogP contribution in [-0.4, -0.2) is 0 Å². The summed E-state index contributed by atoms with van der Waals surface area (Å²) in [5.74, 6) is 5.78. The topological polar surface area (TPSA) is 0 Å². The molecule has 152 valence electrons. The molecule has 4 rings (SSSR count). The van der Waals surface area contributed by atoms with Crippen molar-refractivity contribution in [2.24, 2.45) is 57.2 Å². The average Bonchev–Trinajstić information content (AvgIpc) is 3.05. The van der Waals surface area contributed by atoms with Gasteiger partial charge in [-0.1, -0.05) is 69.2 Å². The molecule has 4 saturated carbocycles. The fourth-order valence-corrected chi connectivity index (χ4v) is 8.55. The van der Waals surface area contributed by atoms with Gasteiger partial charge in [0.2, 0.25) is 0 Å². The quantitative estimate of drug-likeness (QED) is 0.465. The summed E-state index contributed by atoms with van der Waals surface area (Å²) in [6.07, 6.45) is 8.95. The van der Waals surface area contributed by atoms with E-state index in [1.165, 1.54) is 38.5 Å². The van der Waals surface area contributed by atoms with Crippen LogP contribution < -0.4 is 0 Å². The van der Waals surface area contributed by atoms with E-state index in [-0.39, 0.29) is 0 Å². The van der Waals surface area contributed by atoms with Crippen molar-refractivity contribution in [3.05, 3.63) is 0 Å². The molecular weight excluding hydrogens is 312 g/mol. The summed E-state index contributed by atoms with van der Waals surface area (Å²) >= 11 is 0. The predicted octanol–water partition coefficient (Wildman–Crippen LogP) is 8.21. The van der Waals surface area contributed by atoms with Crippen LogP contribution in [0, 0.1) is 57.2 Å². The van der Waals surface area contributed by atoms with Crippen LogP contribution in [0.3, 0.4) is 0 Å². The number of fused-ring (bicyclic) bond motifs is 4. The Balaban J connectivity index is 0.000000151. The Kier molecular flexibility index (Phi) is 4.98. The van der Waals surface area contributed by atoms with E-state index in [0.717, 1.165) is 35.5 Å². The monoisotopic (exact) mass is 360 g/mol. The molecule has 0 amide bonds. The Morgan fingerprint density at radius 3 is 1.00 bits per heavy atom. The lowest BCUT2D eigenvalue weighted by Crippen LogP contribution is -2.34. The lowest BCUT2D eigenvalue weighted by molar-refractivity contribution is 0.0766. The molecule has 0 aromatic heterocycles. The average molecular weight is 361 g/mol. The van der Waals surface area contributed by atoms with Crippen molar-refractivity contribution in [3.63, 3.8) is 0 Å². The predicted molar refractivity (Wildman–Crippen MR) is 115 cm³/mol. The molecule has 0 nitrogen and oxygen atoms in total. The molecule has 0 N–H and O–H groups in total. The second kappa shape index (κ2) is 6.25. The second-order valence-electron chi connectivity index (χ2n) is 12.9. The van der Waals surface area contributed by atoms with Crippen LogP contribution in [0.25, 0.3) is 0 Å². The highest BCUT2D eigenvalue weighted by Gasteiger charge is 2.62. The normalized spacial score (nSPS) is 47.5. The molecule has 5 unspecified atom stereocenters. The van der Waals surface area contributed by atoms with Crippen LogP contribution in [-0.2, 0) is 0 Å². The van der Waals surface area contributed by atoms with E-state index < -0.39 is 0 Å². The minimum Gasteiger partial charge on any atom is -0.0625 e. The van der Waals surface area contributed by atoms with Gasteiger partial charge in [-0.05, 0) is 95.7 Å². The van der Waals surface area contributed by atoms with E-state index in [1.54, 1.807) is 0 Å². The van der Waals surface area contributed by atoms with Gasteiger partial charge < -0.3 is 0 Å². The van der Waals surface area contributed by atoms with Crippen molar-refractivity contribution in [1.82, 2.24) is 0 Å². The standard InChI is InChI=1S/2C13H24/c2*1-9(2)11-8-10-6-7-13(11,5)12(10,3)4/h2*9-11H,6-8H2,1-5H3/t10?,11?,13-;/m0./s1. The first-order valence-corrected chi connectivity index (χ1v) is 11.8. The Hall–Kier alpha value is 0. The third-order valence-electron chi connectivity index (χ3n) is 11.3. The molecule has 4 bridgehead atoms. The van der Waals surface area contributed by atoms with Gasteiger partial charge in [0.1, 0.15) is 0 Å². The maximum absolute atomic E-state index is 2.55. The summed E-state index contributed by atoms with van der Waals surface area (Å²) in [7, 11) is 0. The van der Waals surface area contributed by atoms with Gasteiger partial charge in [-0.15, -0.1) is 0 Å². The highest BCUT2D eigenvalue weighted by molar-refractivity contribution is 5.11. The van der Waals surface area contributed by atoms with Crippen molar-refractivity contribution in [3.8, 4) is 0 Å². The highest BCUT2D eigenvalue weighted by Crippen LogP contribution is 2.70. The maximum atomic E-state index is 2.55. The number of rotatable bonds is 2. The summed E-state index contributed by atoms with van der Waals surface area (Å²) in [6.45, 7) is 24.8. The number of hydrogen-bond acceptors (Lipinski definition) is 0. The third kappa shape index (κ3) is 2.59. The minimum atomic E-state index is 0.613. The van der Waals surface area contributed by atoms with Gasteiger partial charge in [0.15, 0.2) is 0 Å². The lowest BCUT2D eigenvalue weighted by Gasteiger charge is -2.41. The van der Waals surface area contributed by atoms with Crippen molar-refractivity contribution in [2.75, 3.05) is 0 Å². The van der Waals surface area contributed by atoms with Gasteiger partial charge in [-0.3, -0.25) is 0 Å². The Labute approximate surface area is 165 Å². The van der Waals surface area contributed by atoms with Crippen LogP contribution >= 0.6 is 0 Å². The second-order valence-corrected chi connectivity index (χ2v) is 12.9. The van der Waals surface area contributed by atoms with Gasteiger partial charge in [0, 0.05) is 0 Å². The first kappa shape index (κ1) is 20.7. The summed E-state index contributed by atoms with van der Waals surface area (Å²) < 4.78 is 0. The number of hydrogen-bond donors (Lipinski definition) is 0. The zero-order chi connectivity index (χ0) is 19.7. The molecule has 0 aliphatic heterocycles. The Bertz CT molecular complexity index is 476. The molecule has 0 spiro atoms. The minimum absolute atomic E-state index is 0.613. The summed E-state index contributed by atoms with van der Waals surface area (Å²) in [6, 6.07) is 0. The van der Waals surface area contributed by atoms with Crippen molar-refractivity contribution in [2.45, 2.75) is 108 Å². The van der Waals surface area contributed by atoms with Gasteiger partial charge in [-0.2, -0.15) is 0 Å². The smallest absolute Gasteiger partial charge is 0.0241 e. The molecule has 4 aliphatic rings. The summed E-state index contributed by atoms with van der Waals surface area (Å²) in [4.78, 5) is 0. The van der Waals surface area contributed by atoms with E-state index in [0.29, 0.717) is 21.7 Å². The highest BCUT2D eigenvalue weighted by atomic mass is 14.7. The summed E-state index contributed by atoms with van der Waals surface area (Å²) in [5.41, 5.74) is 2.52.